The van der Waals surface area contributed by atoms with Gasteiger partial charge in [-0.2, -0.15) is 0 Å². The molecule has 192 valence electrons. The van der Waals surface area contributed by atoms with E-state index < -0.39 is 6.04 Å². The van der Waals surface area contributed by atoms with Crippen LogP contribution in [0.5, 0.6) is 5.75 Å². The molecule has 0 saturated carbocycles. The van der Waals surface area contributed by atoms with E-state index in [4.69, 9.17) is 17.0 Å². The van der Waals surface area contributed by atoms with Crippen LogP contribution in [0.1, 0.15) is 18.9 Å². The van der Waals surface area contributed by atoms with E-state index in [0.29, 0.717) is 24.0 Å². The van der Waals surface area contributed by atoms with Crippen molar-refractivity contribution in [1.29, 1.82) is 0 Å². The van der Waals surface area contributed by atoms with Gasteiger partial charge in [0.1, 0.15) is 11.8 Å². The van der Waals surface area contributed by atoms with E-state index in [0.717, 1.165) is 49.7 Å². The third kappa shape index (κ3) is 6.21. The number of piperazine rings is 1. The summed E-state index contributed by atoms with van der Waals surface area (Å²) in [6.45, 7) is 9.90. The molecule has 0 bridgehead atoms. The number of anilines is 2. The fourth-order valence-corrected chi connectivity index (χ4v) is 4.94. The van der Waals surface area contributed by atoms with Gasteiger partial charge in [0.15, 0.2) is 5.11 Å². The van der Waals surface area contributed by atoms with E-state index in [1.54, 1.807) is 17.0 Å². The minimum atomic E-state index is -0.644. The van der Waals surface area contributed by atoms with Crippen molar-refractivity contribution in [3.05, 3.63) is 54.1 Å². The summed E-state index contributed by atoms with van der Waals surface area (Å²) in [7, 11) is 2.13. The maximum absolute atomic E-state index is 13.6. The molecule has 0 aromatic heterocycles. The van der Waals surface area contributed by atoms with E-state index in [2.05, 4.69) is 22.2 Å². The van der Waals surface area contributed by atoms with Crippen LogP contribution < -0.4 is 15.0 Å². The Morgan fingerprint density at radius 3 is 2.33 bits per heavy atom. The Labute approximate surface area is 218 Å². The number of ether oxygens (including phenoxy) is 1. The lowest BCUT2D eigenvalue weighted by molar-refractivity contribution is -0.124. The maximum Gasteiger partial charge on any atom is 0.256 e. The number of aryl methyl sites for hydroxylation is 1. The van der Waals surface area contributed by atoms with Crippen LogP contribution in [0.3, 0.4) is 0 Å². The second-order valence-corrected chi connectivity index (χ2v) is 9.72. The summed E-state index contributed by atoms with van der Waals surface area (Å²) >= 11 is 5.80. The van der Waals surface area contributed by atoms with E-state index in [-0.39, 0.29) is 18.2 Å². The molecule has 9 heteroatoms. The van der Waals surface area contributed by atoms with Crippen LogP contribution in [0.2, 0.25) is 0 Å². The van der Waals surface area contributed by atoms with Gasteiger partial charge in [0.05, 0.1) is 18.7 Å². The summed E-state index contributed by atoms with van der Waals surface area (Å²) in [5.74, 6) is 0.357. The third-order valence-corrected chi connectivity index (χ3v) is 7.11. The zero-order chi connectivity index (χ0) is 25.7. The number of hydrogen-bond acceptors (Lipinski definition) is 6. The highest BCUT2D eigenvalue weighted by atomic mass is 32.1. The van der Waals surface area contributed by atoms with Crippen LogP contribution in [0, 0.1) is 6.92 Å². The molecule has 0 spiro atoms. The normalized spacial score (nSPS) is 19.1. The SMILES string of the molecule is CCOc1ccc(NC(=O)C[C@@H]2C(=O)N(c3ccc(C)cc3)C(=S)N2CCN2CCN(C)CC2)cc1. The number of rotatable bonds is 9. The van der Waals surface area contributed by atoms with E-state index >= 15 is 0 Å². The van der Waals surface area contributed by atoms with Crippen LogP contribution in [0.15, 0.2) is 48.5 Å². The van der Waals surface area contributed by atoms with Gasteiger partial charge in [-0.05, 0) is 69.5 Å². The summed E-state index contributed by atoms with van der Waals surface area (Å²) in [5, 5.41) is 3.37. The number of thiocarbonyl (C=S) groups is 1. The largest absolute Gasteiger partial charge is 0.494 e. The number of benzene rings is 2. The molecular weight excluding hydrogens is 474 g/mol. The van der Waals surface area contributed by atoms with Gasteiger partial charge in [-0.3, -0.25) is 19.4 Å². The van der Waals surface area contributed by atoms with E-state index in [9.17, 15) is 9.59 Å². The molecule has 0 aliphatic carbocycles. The lowest BCUT2D eigenvalue weighted by Gasteiger charge is -2.34. The van der Waals surface area contributed by atoms with Crippen molar-refractivity contribution in [2.75, 3.05) is 63.1 Å². The van der Waals surface area contributed by atoms with Gasteiger partial charge in [-0.1, -0.05) is 17.7 Å². The van der Waals surface area contributed by atoms with Crippen LogP contribution >= 0.6 is 12.2 Å². The van der Waals surface area contributed by atoms with Crippen LogP contribution in [0.4, 0.5) is 11.4 Å². The number of nitrogens with one attached hydrogen (secondary N) is 1. The Hall–Kier alpha value is -3.01. The van der Waals surface area contributed by atoms with Gasteiger partial charge >= 0.3 is 0 Å². The van der Waals surface area contributed by atoms with Crippen molar-refractivity contribution in [3.8, 4) is 5.75 Å². The Morgan fingerprint density at radius 1 is 1.03 bits per heavy atom. The van der Waals surface area contributed by atoms with Gasteiger partial charge in [-0.15, -0.1) is 0 Å². The number of likely N-dealkylation sites (N-methyl/N-ethyl adjacent to an activating group) is 1. The van der Waals surface area contributed by atoms with Crippen LogP contribution in [-0.4, -0.2) is 90.6 Å². The Bertz CT molecular complexity index is 1070. The first-order valence-corrected chi connectivity index (χ1v) is 12.9. The van der Waals surface area contributed by atoms with Gasteiger partial charge in [0.25, 0.3) is 5.91 Å². The predicted molar refractivity (Wildman–Crippen MR) is 147 cm³/mol. The van der Waals surface area contributed by atoms with Crippen molar-refractivity contribution >= 4 is 40.5 Å². The molecule has 0 unspecified atom stereocenters. The summed E-state index contributed by atoms with van der Waals surface area (Å²) in [6.07, 6.45) is 0.0251. The number of nitrogens with zero attached hydrogens (tertiary/aromatic N) is 4. The Kier molecular flexibility index (Phi) is 8.56. The topological polar surface area (TPSA) is 68.4 Å². The molecule has 1 N–H and O–H groups in total. The smallest absolute Gasteiger partial charge is 0.256 e. The first-order chi connectivity index (χ1) is 17.4. The first kappa shape index (κ1) is 26.1. The second kappa shape index (κ2) is 11.8. The molecule has 2 saturated heterocycles. The summed E-state index contributed by atoms with van der Waals surface area (Å²) in [6, 6.07) is 14.3. The highest BCUT2D eigenvalue weighted by molar-refractivity contribution is 7.80. The molecule has 36 heavy (non-hydrogen) atoms. The third-order valence-electron chi connectivity index (χ3n) is 6.69. The van der Waals surface area contributed by atoms with E-state index in [1.165, 1.54) is 0 Å². The number of carbonyl (C=O) groups excluding carboxylic acids is 2. The first-order valence-electron chi connectivity index (χ1n) is 12.5. The summed E-state index contributed by atoms with van der Waals surface area (Å²) in [5.41, 5.74) is 2.50. The average molecular weight is 510 g/mol. The molecule has 2 fully saturated rings. The predicted octanol–water partition coefficient (Wildman–Crippen LogP) is 2.97. The lowest BCUT2D eigenvalue weighted by atomic mass is 10.1. The highest BCUT2D eigenvalue weighted by Crippen LogP contribution is 2.28. The Morgan fingerprint density at radius 2 is 1.69 bits per heavy atom. The highest BCUT2D eigenvalue weighted by Gasteiger charge is 2.44. The monoisotopic (exact) mass is 509 g/mol. The van der Waals surface area contributed by atoms with Crippen LogP contribution in [-0.2, 0) is 9.59 Å². The fourth-order valence-electron chi connectivity index (χ4n) is 4.53. The summed E-state index contributed by atoms with van der Waals surface area (Å²) < 4.78 is 5.47. The van der Waals surface area contributed by atoms with Gasteiger partial charge in [0.2, 0.25) is 5.91 Å². The van der Waals surface area contributed by atoms with Crippen molar-refractivity contribution in [2.45, 2.75) is 26.3 Å². The maximum atomic E-state index is 13.6. The van der Waals surface area contributed by atoms with Crippen molar-refractivity contribution in [1.82, 2.24) is 14.7 Å². The standard InChI is InChI=1S/C27H35N5O3S/c1-4-35-23-11-7-21(8-12-23)28-25(33)19-24-26(34)32(22-9-5-20(2)6-10-22)27(36)31(24)18-17-30-15-13-29(3)14-16-30/h5-12,24H,4,13-19H2,1-3H3,(H,28,33)/t24-/m1/s1. The van der Waals surface area contributed by atoms with Crippen molar-refractivity contribution < 1.29 is 14.3 Å². The van der Waals surface area contributed by atoms with Crippen molar-refractivity contribution in [3.63, 3.8) is 0 Å². The molecular formula is C27H35N5O3S. The van der Waals surface area contributed by atoms with E-state index in [1.807, 2.05) is 55.1 Å². The quantitative estimate of drug-likeness (QED) is 0.522. The Balaban J connectivity index is 1.47. The molecule has 4 rings (SSSR count). The average Bonchev–Trinajstić information content (AvgIpc) is 3.09. The zero-order valence-corrected chi connectivity index (χ0v) is 22.1. The number of amides is 2. The van der Waals surface area contributed by atoms with Gasteiger partial charge < -0.3 is 19.9 Å². The van der Waals surface area contributed by atoms with Gasteiger partial charge in [0, 0.05) is 45.0 Å². The zero-order valence-electron chi connectivity index (χ0n) is 21.3. The van der Waals surface area contributed by atoms with Crippen molar-refractivity contribution in [2.24, 2.45) is 0 Å². The molecule has 2 aliphatic rings. The summed E-state index contributed by atoms with van der Waals surface area (Å²) in [4.78, 5) is 34.8. The minimum Gasteiger partial charge on any atom is -0.494 e. The minimum absolute atomic E-state index is 0.0251. The molecule has 2 aliphatic heterocycles. The molecule has 0 radical (unpaired) electrons. The fraction of sp³-hybridized carbons (Fsp3) is 0.444. The number of carbonyl (C=O) groups is 2. The number of hydrogen-bond donors (Lipinski definition) is 1. The lowest BCUT2D eigenvalue weighted by Crippen LogP contribution is -2.48. The molecule has 8 nitrogen and oxygen atoms in total. The molecule has 2 amide bonds. The van der Waals surface area contributed by atoms with Gasteiger partial charge in [-0.25, -0.2) is 0 Å². The second-order valence-electron chi connectivity index (χ2n) is 9.36. The molecule has 1 atom stereocenters. The van der Waals surface area contributed by atoms with Crippen LogP contribution in [0.25, 0.3) is 0 Å². The molecule has 2 aromatic rings. The molecule has 2 heterocycles. The molecule has 2 aromatic carbocycles.